The van der Waals surface area contributed by atoms with Crippen molar-refractivity contribution in [3.8, 4) is 0 Å². The van der Waals surface area contributed by atoms with Crippen LogP contribution in [0.15, 0.2) is 42.5 Å². The normalized spacial score (nSPS) is 10.7. The number of nitrogens with one attached hydrogen (secondary N) is 1. The van der Waals surface area contributed by atoms with Gasteiger partial charge in [0.2, 0.25) is 0 Å². The zero-order valence-corrected chi connectivity index (χ0v) is 12.8. The smallest absolute Gasteiger partial charge is 0.257 e. The minimum atomic E-state index is -0.236. The van der Waals surface area contributed by atoms with Crippen molar-refractivity contribution in [3.05, 3.63) is 63.6 Å². The van der Waals surface area contributed by atoms with E-state index in [1.807, 2.05) is 24.3 Å². The maximum atomic E-state index is 12.3. The van der Waals surface area contributed by atoms with E-state index in [9.17, 15) is 4.79 Å². The molecule has 1 N–H and O–H groups in total. The predicted octanol–water partition coefficient (Wildman–Crippen LogP) is 5.37. The largest absolute Gasteiger partial charge is 0.322 e. The van der Waals surface area contributed by atoms with Crippen LogP contribution in [0.25, 0.3) is 0 Å². The summed E-state index contributed by atoms with van der Waals surface area (Å²) < 4.78 is 0. The van der Waals surface area contributed by atoms with Gasteiger partial charge in [-0.3, -0.25) is 4.79 Å². The molecule has 0 unspecified atom stereocenters. The van der Waals surface area contributed by atoms with Gasteiger partial charge in [0.25, 0.3) is 5.91 Å². The van der Waals surface area contributed by atoms with Crippen LogP contribution < -0.4 is 5.32 Å². The maximum absolute atomic E-state index is 12.3. The van der Waals surface area contributed by atoms with E-state index in [1.54, 1.807) is 18.2 Å². The van der Waals surface area contributed by atoms with Crippen LogP contribution >= 0.6 is 23.2 Å². The Morgan fingerprint density at radius 2 is 1.80 bits per heavy atom. The molecule has 0 fully saturated rings. The third-order valence-electron chi connectivity index (χ3n) is 3.01. The number of halogens is 2. The summed E-state index contributed by atoms with van der Waals surface area (Å²) >= 11 is 11.9. The fourth-order valence-corrected chi connectivity index (χ4v) is 2.47. The Hall–Kier alpha value is -1.51. The van der Waals surface area contributed by atoms with Crippen molar-refractivity contribution in [2.45, 2.75) is 19.8 Å². The number of amides is 1. The Kier molecular flexibility index (Phi) is 4.69. The molecule has 104 valence electrons. The van der Waals surface area contributed by atoms with Crippen LogP contribution in [0.4, 0.5) is 5.69 Å². The van der Waals surface area contributed by atoms with Gasteiger partial charge >= 0.3 is 0 Å². The summed E-state index contributed by atoms with van der Waals surface area (Å²) in [6.07, 6.45) is 0. The SMILES string of the molecule is CC(C)c1ccccc1NC(=O)c1ccc(Cl)cc1Cl. The molecule has 20 heavy (non-hydrogen) atoms. The Labute approximate surface area is 128 Å². The van der Waals surface area contributed by atoms with Crippen LogP contribution in [0.2, 0.25) is 10.0 Å². The summed E-state index contributed by atoms with van der Waals surface area (Å²) in [7, 11) is 0. The molecule has 2 nitrogen and oxygen atoms in total. The molecule has 0 aromatic heterocycles. The first-order valence-corrected chi connectivity index (χ1v) is 7.10. The number of anilines is 1. The fraction of sp³-hybridized carbons (Fsp3) is 0.188. The molecule has 0 atom stereocenters. The minimum absolute atomic E-state index is 0.236. The van der Waals surface area contributed by atoms with Gasteiger partial charge in [-0.15, -0.1) is 0 Å². The van der Waals surface area contributed by atoms with Crippen LogP contribution in [0.5, 0.6) is 0 Å². The number of para-hydroxylation sites is 1. The Morgan fingerprint density at radius 3 is 2.45 bits per heavy atom. The van der Waals surface area contributed by atoms with E-state index >= 15 is 0 Å². The number of carbonyl (C=O) groups excluding carboxylic acids is 1. The van der Waals surface area contributed by atoms with E-state index < -0.39 is 0 Å². The lowest BCUT2D eigenvalue weighted by molar-refractivity contribution is 0.102. The highest BCUT2D eigenvalue weighted by molar-refractivity contribution is 6.37. The van der Waals surface area contributed by atoms with Crippen molar-refractivity contribution in [1.82, 2.24) is 0 Å². The third kappa shape index (κ3) is 3.33. The van der Waals surface area contributed by atoms with Crippen LogP contribution in [-0.2, 0) is 0 Å². The second kappa shape index (κ2) is 6.29. The van der Waals surface area contributed by atoms with E-state index in [0.29, 0.717) is 21.5 Å². The minimum Gasteiger partial charge on any atom is -0.322 e. The second-order valence-electron chi connectivity index (χ2n) is 4.82. The van der Waals surface area contributed by atoms with Gasteiger partial charge in [0.05, 0.1) is 10.6 Å². The lowest BCUT2D eigenvalue weighted by Crippen LogP contribution is -2.14. The Bertz CT molecular complexity index is 638. The van der Waals surface area contributed by atoms with Gasteiger partial charge in [-0.2, -0.15) is 0 Å². The van der Waals surface area contributed by atoms with E-state index in [-0.39, 0.29) is 5.91 Å². The molecule has 0 radical (unpaired) electrons. The highest BCUT2D eigenvalue weighted by Gasteiger charge is 2.13. The standard InChI is InChI=1S/C16H15Cl2NO/c1-10(2)12-5-3-4-6-15(12)19-16(20)13-8-7-11(17)9-14(13)18/h3-10H,1-2H3,(H,19,20). The van der Waals surface area contributed by atoms with E-state index in [4.69, 9.17) is 23.2 Å². The molecule has 2 aromatic carbocycles. The topological polar surface area (TPSA) is 29.1 Å². The summed E-state index contributed by atoms with van der Waals surface area (Å²) in [5, 5.41) is 3.75. The van der Waals surface area contributed by atoms with Gasteiger partial charge in [0, 0.05) is 10.7 Å². The van der Waals surface area contributed by atoms with E-state index in [2.05, 4.69) is 19.2 Å². The van der Waals surface area contributed by atoms with Gasteiger partial charge in [-0.25, -0.2) is 0 Å². The van der Waals surface area contributed by atoms with Gasteiger partial charge < -0.3 is 5.32 Å². The van der Waals surface area contributed by atoms with Crippen molar-refractivity contribution in [3.63, 3.8) is 0 Å². The molecule has 0 heterocycles. The summed E-state index contributed by atoms with van der Waals surface area (Å²) in [4.78, 5) is 12.3. The summed E-state index contributed by atoms with van der Waals surface area (Å²) in [5.74, 6) is 0.0898. The van der Waals surface area contributed by atoms with Crippen LogP contribution in [0, 0.1) is 0 Å². The average molecular weight is 308 g/mol. The van der Waals surface area contributed by atoms with E-state index in [1.165, 1.54) is 0 Å². The molecular weight excluding hydrogens is 293 g/mol. The van der Waals surface area contributed by atoms with Gasteiger partial charge in [0.1, 0.15) is 0 Å². The first-order chi connectivity index (χ1) is 9.49. The molecule has 0 bridgehead atoms. The molecule has 4 heteroatoms. The predicted molar refractivity (Wildman–Crippen MR) is 84.9 cm³/mol. The summed E-state index contributed by atoms with van der Waals surface area (Å²) in [6, 6.07) is 12.6. The van der Waals surface area contributed by atoms with Crippen molar-refractivity contribution < 1.29 is 4.79 Å². The first-order valence-electron chi connectivity index (χ1n) is 6.34. The highest BCUT2D eigenvalue weighted by atomic mass is 35.5. The van der Waals surface area contributed by atoms with Gasteiger partial charge in [-0.1, -0.05) is 55.2 Å². The molecule has 1 amide bonds. The van der Waals surface area contributed by atoms with Crippen molar-refractivity contribution >= 4 is 34.8 Å². The lowest BCUT2D eigenvalue weighted by atomic mass is 10.0. The van der Waals surface area contributed by atoms with Gasteiger partial charge in [0.15, 0.2) is 0 Å². The molecule has 0 aliphatic heterocycles. The van der Waals surface area contributed by atoms with E-state index in [0.717, 1.165) is 11.3 Å². The zero-order valence-electron chi connectivity index (χ0n) is 11.3. The second-order valence-corrected chi connectivity index (χ2v) is 5.66. The molecule has 0 saturated carbocycles. The molecular formula is C16H15Cl2NO. The zero-order chi connectivity index (χ0) is 14.7. The third-order valence-corrected chi connectivity index (χ3v) is 3.55. The average Bonchev–Trinajstić information content (AvgIpc) is 2.38. The molecule has 2 aromatic rings. The fourth-order valence-electron chi connectivity index (χ4n) is 1.98. The van der Waals surface area contributed by atoms with Crippen molar-refractivity contribution in [2.75, 3.05) is 5.32 Å². The lowest BCUT2D eigenvalue weighted by Gasteiger charge is -2.14. The molecule has 0 saturated heterocycles. The molecule has 2 rings (SSSR count). The monoisotopic (exact) mass is 307 g/mol. The van der Waals surface area contributed by atoms with Crippen LogP contribution in [-0.4, -0.2) is 5.91 Å². The van der Waals surface area contributed by atoms with Crippen molar-refractivity contribution in [1.29, 1.82) is 0 Å². The molecule has 0 spiro atoms. The van der Waals surface area contributed by atoms with Crippen LogP contribution in [0.3, 0.4) is 0 Å². The summed E-state index contributed by atoms with van der Waals surface area (Å²) in [6.45, 7) is 4.17. The number of carbonyl (C=O) groups is 1. The molecule has 0 aliphatic carbocycles. The maximum Gasteiger partial charge on any atom is 0.257 e. The Balaban J connectivity index is 2.28. The van der Waals surface area contributed by atoms with Crippen molar-refractivity contribution in [2.24, 2.45) is 0 Å². The number of benzene rings is 2. The highest BCUT2D eigenvalue weighted by Crippen LogP contribution is 2.26. The Morgan fingerprint density at radius 1 is 1.10 bits per heavy atom. The summed E-state index contributed by atoms with van der Waals surface area (Å²) in [5.41, 5.74) is 2.30. The van der Waals surface area contributed by atoms with Gasteiger partial charge in [-0.05, 0) is 35.7 Å². The number of hydrogen-bond donors (Lipinski definition) is 1. The van der Waals surface area contributed by atoms with Crippen LogP contribution in [0.1, 0.15) is 35.7 Å². The first kappa shape index (κ1) is 14.9. The molecule has 0 aliphatic rings. The number of rotatable bonds is 3. The quantitative estimate of drug-likeness (QED) is 0.811. The number of hydrogen-bond acceptors (Lipinski definition) is 1.